The Morgan fingerprint density at radius 1 is 1.06 bits per heavy atom. The topological polar surface area (TPSA) is 59.8 Å². The van der Waals surface area contributed by atoms with Crippen molar-refractivity contribution in [2.75, 3.05) is 13.7 Å². The van der Waals surface area contributed by atoms with Crippen LogP contribution in [0.3, 0.4) is 0 Å². The van der Waals surface area contributed by atoms with Gasteiger partial charge in [-0.2, -0.15) is 0 Å². The molecule has 2 saturated heterocycles. The Balaban J connectivity index is 1.21. The normalized spacial score (nSPS) is 22.3. The number of piperidine rings is 1. The molecule has 0 aliphatic carbocycles. The van der Waals surface area contributed by atoms with Gasteiger partial charge in [0.1, 0.15) is 22.9 Å². The molecular weight excluding hydrogens is 450 g/mol. The number of methoxy groups -OCH3 is 1. The first-order chi connectivity index (χ1) is 17.1. The molecule has 5 nitrogen and oxygen atoms in total. The summed E-state index contributed by atoms with van der Waals surface area (Å²) in [4.78, 5) is 28.2. The van der Waals surface area contributed by atoms with Gasteiger partial charge in [0.05, 0.1) is 19.2 Å². The van der Waals surface area contributed by atoms with Gasteiger partial charge in [0.2, 0.25) is 0 Å². The van der Waals surface area contributed by atoms with Crippen molar-refractivity contribution >= 4 is 22.5 Å². The standard InChI is InChI=1S/C31H45NO4/c1-21-30(27-19-26(35-5)14-15-29(27)36-21)28(34)11-7-6-9-22-17-23-12-13-24(18-22)32(23)20-25(33)10-8-16-31(2,3)4/h14-15,19,22-24H,6-13,16-18,20H2,1-5H3/t22?,23-,24+. The second-order valence-electron chi connectivity index (χ2n) is 12.4. The molecule has 2 fully saturated rings. The number of benzene rings is 1. The maximum atomic E-state index is 13.0. The molecule has 4 rings (SSSR count). The molecule has 0 saturated carbocycles. The minimum atomic E-state index is 0.166. The Hall–Kier alpha value is -2.14. The van der Waals surface area contributed by atoms with Gasteiger partial charge >= 0.3 is 0 Å². The molecule has 0 spiro atoms. The molecule has 5 heteroatoms. The lowest BCUT2D eigenvalue weighted by Gasteiger charge is -2.38. The van der Waals surface area contributed by atoms with E-state index in [1.54, 1.807) is 7.11 Å². The van der Waals surface area contributed by atoms with E-state index < -0.39 is 0 Å². The van der Waals surface area contributed by atoms with Crippen molar-refractivity contribution in [1.29, 1.82) is 0 Å². The first-order valence-corrected chi connectivity index (χ1v) is 14.0. The maximum Gasteiger partial charge on any atom is 0.167 e. The average Bonchev–Trinajstić information content (AvgIpc) is 3.25. The van der Waals surface area contributed by atoms with Crippen molar-refractivity contribution < 1.29 is 18.7 Å². The van der Waals surface area contributed by atoms with Crippen LogP contribution in [-0.2, 0) is 4.79 Å². The number of ketones is 2. The van der Waals surface area contributed by atoms with Crippen molar-refractivity contribution in [2.24, 2.45) is 11.3 Å². The molecular formula is C31H45NO4. The van der Waals surface area contributed by atoms with E-state index in [2.05, 4.69) is 25.7 Å². The van der Waals surface area contributed by atoms with Crippen LogP contribution in [0.4, 0.5) is 0 Å². The number of nitrogens with zero attached hydrogens (tertiary/aromatic N) is 1. The number of hydrogen-bond acceptors (Lipinski definition) is 5. The van der Waals surface area contributed by atoms with Gasteiger partial charge in [-0.15, -0.1) is 0 Å². The highest BCUT2D eigenvalue weighted by Crippen LogP contribution is 2.40. The Kier molecular flexibility index (Phi) is 8.59. The van der Waals surface area contributed by atoms with Gasteiger partial charge in [0, 0.05) is 30.3 Å². The van der Waals surface area contributed by atoms with Crippen molar-refractivity contribution in [3.05, 3.63) is 29.5 Å². The molecule has 0 N–H and O–H groups in total. The van der Waals surface area contributed by atoms with Gasteiger partial charge in [-0.25, -0.2) is 0 Å². The van der Waals surface area contributed by atoms with Gasteiger partial charge in [0.15, 0.2) is 5.78 Å². The van der Waals surface area contributed by atoms with E-state index in [0.29, 0.717) is 47.6 Å². The van der Waals surface area contributed by atoms with E-state index in [1.165, 1.54) is 32.1 Å². The summed E-state index contributed by atoms with van der Waals surface area (Å²) in [5.41, 5.74) is 1.76. The van der Waals surface area contributed by atoms with Crippen LogP contribution in [0.5, 0.6) is 5.75 Å². The summed E-state index contributed by atoms with van der Waals surface area (Å²) in [6, 6.07) is 6.80. The Morgan fingerprint density at radius 2 is 1.78 bits per heavy atom. The molecule has 1 aromatic heterocycles. The van der Waals surface area contributed by atoms with Crippen LogP contribution in [0, 0.1) is 18.3 Å². The number of aryl methyl sites for hydroxylation is 1. The van der Waals surface area contributed by atoms with E-state index in [-0.39, 0.29) is 5.78 Å². The van der Waals surface area contributed by atoms with Crippen LogP contribution < -0.4 is 4.74 Å². The number of ether oxygens (including phenoxy) is 1. The lowest BCUT2D eigenvalue weighted by molar-refractivity contribution is -0.121. The number of fused-ring (bicyclic) bond motifs is 3. The zero-order valence-electron chi connectivity index (χ0n) is 23.0. The second-order valence-corrected chi connectivity index (χ2v) is 12.4. The first-order valence-electron chi connectivity index (χ1n) is 14.0. The number of hydrogen-bond donors (Lipinski definition) is 0. The summed E-state index contributed by atoms with van der Waals surface area (Å²) < 4.78 is 11.2. The fourth-order valence-electron chi connectivity index (χ4n) is 6.50. The van der Waals surface area contributed by atoms with Gasteiger partial charge in [-0.1, -0.05) is 33.6 Å². The van der Waals surface area contributed by atoms with E-state index in [9.17, 15) is 9.59 Å². The molecule has 2 aliphatic heterocycles. The van der Waals surface area contributed by atoms with Crippen molar-refractivity contribution in [3.63, 3.8) is 0 Å². The summed E-state index contributed by atoms with van der Waals surface area (Å²) in [5, 5.41) is 0.855. The highest BCUT2D eigenvalue weighted by atomic mass is 16.5. The monoisotopic (exact) mass is 495 g/mol. The SMILES string of the molecule is COc1ccc2oc(C)c(C(=O)CCCCC3C[C@H]4CC[C@@H](C3)N4CC(=O)CCCC(C)(C)C)c2c1. The first kappa shape index (κ1) is 26.9. The van der Waals surface area contributed by atoms with E-state index in [4.69, 9.17) is 9.15 Å². The number of Topliss-reactive ketones (excluding diaryl/α,β-unsaturated/α-hetero) is 2. The second kappa shape index (κ2) is 11.5. The third-order valence-corrected chi connectivity index (χ3v) is 8.34. The molecule has 36 heavy (non-hydrogen) atoms. The molecule has 2 aliphatic rings. The summed E-state index contributed by atoms with van der Waals surface area (Å²) in [6.45, 7) is 9.27. The van der Waals surface area contributed by atoms with Crippen LogP contribution >= 0.6 is 0 Å². The fraction of sp³-hybridized carbons (Fsp3) is 0.677. The van der Waals surface area contributed by atoms with Crippen LogP contribution in [0.2, 0.25) is 0 Å². The van der Waals surface area contributed by atoms with Crippen LogP contribution in [0.1, 0.15) is 108 Å². The molecule has 1 unspecified atom stereocenters. The summed E-state index contributed by atoms with van der Waals surface area (Å²) in [5.74, 6) is 2.75. The van der Waals surface area contributed by atoms with E-state index >= 15 is 0 Å². The van der Waals surface area contributed by atoms with Gasteiger partial charge in [-0.3, -0.25) is 14.5 Å². The minimum Gasteiger partial charge on any atom is -0.497 e. The minimum absolute atomic E-state index is 0.166. The van der Waals surface area contributed by atoms with Crippen LogP contribution in [0.25, 0.3) is 11.0 Å². The molecule has 198 valence electrons. The predicted octanol–water partition coefficient (Wildman–Crippen LogP) is 7.52. The lowest BCUT2D eigenvalue weighted by Crippen LogP contribution is -2.45. The highest BCUT2D eigenvalue weighted by Gasteiger charge is 2.40. The van der Waals surface area contributed by atoms with Gasteiger partial charge in [0.25, 0.3) is 0 Å². The Labute approximate surface area is 216 Å². The maximum absolute atomic E-state index is 13.0. The number of furan rings is 1. The van der Waals surface area contributed by atoms with E-state index in [1.807, 2.05) is 25.1 Å². The summed E-state index contributed by atoms with van der Waals surface area (Å²) >= 11 is 0. The zero-order chi connectivity index (χ0) is 25.9. The third kappa shape index (κ3) is 6.59. The zero-order valence-corrected chi connectivity index (χ0v) is 23.0. The molecule has 0 amide bonds. The molecule has 0 radical (unpaired) electrons. The summed E-state index contributed by atoms with van der Waals surface area (Å²) in [7, 11) is 1.64. The highest BCUT2D eigenvalue weighted by molar-refractivity contribution is 6.08. The van der Waals surface area contributed by atoms with Crippen LogP contribution in [-0.4, -0.2) is 42.2 Å². The quantitative estimate of drug-likeness (QED) is 0.225. The van der Waals surface area contributed by atoms with Gasteiger partial charge < -0.3 is 9.15 Å². The predicted molar refractivity (Wildman–Crippen MR) is 145 cm³/mol. The average molecular weight is 496 g/mol. The largest absolute Gasteiger partial charge is 0.497 e. The van der Waals surface area contributed by atoms with Crippen molar-refractivity contribution in [2.45, 2.75) is 110 Å². The molecule has 2 aromatic rings. The molecule has 1 aromatic carbocycles. The van der Waals surface area contributed by atoms with Crippen molar-refractivity contribution in [3.8, 4) is 5.75 Å². The fourth-order valence-corrected chi connectivity index (χ4v) is 6.50. The van der Waals surface area contributed by atoms with E-state index in [0.717, 1.165) is 54.7 Å². The summed E-state index contributed by atoms with van der Waals surface area (Å²) in [6.07, 6.45) is 11.5. The Bertz CT molecular complexity index is 1050. The number of rotatable bonds is 12. The number of unbranched alkanes of at least 4 members (excludes halogenated alkanes) is 1. The number of carbonyl (C=O) groups excluding carboxylic acids is 2. The molecule has 3 heterocycles. The lowest BCUT2D eigenvalue weighted by atomic mass is 9.86. The Morgan fingerprint density at radius 3 is 2.44 bits per heavy atom. The smallest absolute Gasteiger partial charge is 0.167 e. The van der Waals surface area contributed by atoms with Crippen molar-refractivity contribution in [1.82, 2.24) is 4.90 Å². The molecule has 2 bridgehead atoms. The van der Waals surface area contributed by atoms with Gasteiger partial charge in [-0.05, 0) is 81.4 Å². The van der Waals surface area contributed by atoms with Crippen LogP contribution in [0.15, 0.2) is 22.6 Å². The third-order valence-electron chi connectivity index (χ3n) is 8.34. The number of carbonyl (C=O) groups is 2. The molecule has 3 atom stereocenters.